The number of hydrogen-bond acceptors (Lipinski definition) is 10. The summed E-state index contributed by atoms with van der Waals surface area (Å²) in [6.07, 6.45) is 9.99. The van der Waals surface area contributed by atoms with Crippen molar-refractivity contribution in [2.45, 2.75) is 62.9 Å². The Morgan fingerprint density at radius 1 is 1.04 bits per heavy atom. The van der Waals surface area contributed by atoms with Crippen molar-refractivity contribution in [2.75, 3.05) is 28.7 Å². The molecule has 2 fully saturated rings. The van der Waals surface area contributed by atoms with Crippen molar-refractivity contribution in [2.24, 2.45) is 7.05 Å². The van der Waals surface area contributed by atoms with Crippen molar-refractivity contribution >= 4 is 23.6 Å². The molecule has 2 aliphatic rings. The van der Waals surface area contributed by atoms with Crippen LogP contribution in [0.1, 0.15) is 43.2 Å². The molecule has 13 heteroatoms. The molecule has 2 amide bonds. The minimum Gasteiger partial charge on any atom is -0.389 e. The van der Waals surface area contributed by atoms with Gasteiger partial charge in [0.1, 0.15) is 23.3 Å². The van der Waals surface area contributed by atoms with Crippen LogP contribution in [0.5, 0.6) is 0 Å². The van der Waals surface area contributed by atoms with Gasteiger partial charge in [-0.1, -0.05) is 30.3 Å². The molecule has 238 valence electrons. The molecule has 1 saturated carbocycles. The summed E-state index contributed by atoms with van der Waals surface area (Å²) in [6, 6.07) is 15.4. The lowest BCUT2D eigenvalue weighted by molar-refractivity contribution is -0.0135. The first-order valence-electron chi connectivity index (χ1n) is 15.6. The van der Waals surface area contributed by atoms with E-state index in [0.29, 0.717) is 42.7 Å². The molecule has 1 saturated heterocycles. The quantitative estimate of drug-likeness (QED) is 0.215. The second-order valence-electron chi connectivity index (χ2n) is 11.7. The zero-order valence-electron chi connectivity index (χ0n) is 25.7. The summed E-state index contributed by atoms with van der Waals surface area (Å²) >= 11 is 0. The number of aromatic nitrogens is 5. The normalized spacial score (nSPS) is 21.2. The minimum absolute atomic E-state index is 0.0558. The first-order chi connectivity index (χ1) is 22.5. The van der Waals surface area contributed by atoms with Crippen LogP contribution < -0.4 is 20.9 Å². The molecule has 13 nitrogen and oxygen atoms in total. The summed E-state index contributed by atoms with van der Waals surface area (Å²) in [5, 5.41) is 33.9. The summed E-state index contributed by atoms with van der Waals surface area (Å²) < 4.78 is 7.07. The Hall–Kier alpha value is -5.06. The Morgan fingerprint density at radius 2 is 1.87 bits per heavy atom. The molecule has 3 aromatic heterocycles. The number of aliphatic hydroxyl groups is 1. The van der Waals surface area contributed by atoms with Crippen LogP contribution in [-0.2, 0) is 18.3 Å². The van der Waals surface area contributed by atoms with Crippen molar-refractivity contribution < 1.29 is 14.6 Å². The van der Waals surface area contributed by atoms with E-state index in [9.17, 15) is 15.2 Å². The van der Waals surface area contributed by atoms with Crippen LogP contribution >= 0.6 is 0 Å². The van der Waals surface area contributed by atoms with Gasteiger partial charge in [-0.25, -0.2) is 14.8 Å². The number of hydrogen-bond donors (Lipinski definition) is 4. The molecular weight excluding hydrogens is 584 g/mol. The van der Waals surface area contributed by atoms with Gasteiger partial charge in [-0.3, -0.25) is 9.58 Å². The molecule has 46 heavy (non-hydrogen) atoms. The van der Waals surface area contributed by atoms with Crippen LogP contribution in [-0.4, -0.2) is 73.3 Å². The third-order valence-corrected chi connectivity index (χ3v) is 8.49. The first-order valence-corrected chi connectivity index (χ1v) is 15.6. The predicted molar refractivity (Wildman–Crippen MR) is 173 cm³/mol. The molecule has 1 aromatic carbocycles. The fourth-order valence-corrected chi connectivity index (χ4v) is 5.96. The molecule has 4 aromatic rings. The van der Waals surface area contributed by atoms with Crippen LogP contribution in [0.25, 0.3) is 11.1 Å². The molecule has 4 N–H and O–H groups in total. The lowest BCUT2D eigenvalue weighted by Crippen LogP contribution is -2.49. The maximum atomic E-state index is 13.7. The number of aryl methyl sites for hydroxylation is 1. The second kappa shape index (κ2) is 14.4. The number of nitrogens with one attached hydrogen (secondary N) is 3. The maximum absolute atomic E-state index is 13.7. The number of ether oxygens (including phenoxy) is 1. The van der Waals surface area contributed by atoms with Gasteiger partial charge >= 0.3 is 6.03 Å². The molecule has 0 radical (unpaired) electrons. The number of aliphatic hydroxyl groups excluding tert-OH is 1. The number of amides is 2. The van der Waals surface area contributed by atoms with Crippen LogP contribution in [0.3, 0.4) is 0 Å². The number of carbonyl (C=O) groups excluding carboxylic acids is 1. The van der Waals surface area contributed by atoms with E-state index in [0.717, 1.165) is 42.4 Å². The van der Waals surface area contributed by atoms with Gasteiger partial charge in [0.25, 0.3) is 0 Å². The third-order valence-electron chi connectivity index (χ3n) is 8.49. The molecule has 0 spiro atoms. The molecule has 6 rings (SSSR count). The molecule has 0 bridgehead atoms. The van der Waals surface area contributed by atoms with E-state index in [4.69, 9.17) is 9.72 Å². The fourth-order valence-electron chi connectivity index (χ4n) is 5.96. The van der Waals surface area contributed by atoms with E-state index >= 15 is 0 Å². The highest BCUT2D eigenvalue weighted by molar-refractivity contribution is 5.91. The summed E-state index contributed by atoms with van der Waals surface area (Å²) in [5.41, 5.74) is 3.22. The van der Waals surface area contributed by atoms with Gasteiger partial charge in [-0.2, -0.15) is 15.3 Å². The second-order valence-corrected chi connectivity index (χ2v) is 11.7. The summed E-state index contributed by atoms with van der Waals surface area (Å²) in [5.74, 6) is 1.40. The van der Waals surface area contributed by atoms with Crippen molar-refractivity contribution in [3.8, 4) is 17.2 Å². The zero-order valence-corrected chi connectivity index (χ0v) is 25.7. The maximum Gasteiger partial charge on any atom is 0.323 e. The average Bonchev–Trinajstić information content (AvgIpc) is 3.53. The van der Waals surface area contributed by atoms with Crippen LogP contribution in [0.15, 0.2) is 67.3 Å². The van der Waals surface area contributed by atoms with Gasteiger partial charge < -0.3 is 25.8 Å². The smallest absolute Gasteiger partial charge is 0.323 e. The summed E-state index contributed by atoms with van der Waals surface area (Å²) in [7, 11) is 1.87. The van der Waals surface area contributed by atoms with Gasteiger partial charge in [-0.05, 0) is 49.8 Å². The van der Waals surface area contributed by atoms with Crippen molar-refractivity contribution in [3.05, 3.63) is 78.4 Å². The number of nitriles is 1. The Morgan fingerprint density at radius 3 is 2.57 bits per heavy atom. The first kappa shape index (κ1) is 30.9. The van der Waals surface area contributed by atoms with Gasteiger partial charge in [0, 0.05) is 55.8 Å². The van der Waals surface area contributed by atoms with E-state index in [-0.39, 0.29) is 30.8 Å². The molecule has 1 aliphatic carbocycles. The number of anilines is 3. The average molecular weight is 623 g/mol. The van der Waals surface area contributed by atoms with Crippen molar-refractivity contribution in [3.63, 3.8) is 0 Å². The van der Waals surface area contributed by atoms with E-state index < -0.39 is 6.10 Å². The highest BCUT2D eigenvalue weighted by atomic mass is 16.5. The Bertz CT molecular complexity index is 1650. The van der Waals surface area contributed by atoms with Gasteiger partial charge in [0.05, 0.1) is 31.1 Å². The standard InChI is InChI=1S/C33H38N10O3/c1-42-20-25(19-38-42)23-7-12-30(35-17-23)43(33(45)37-16-22-5-3-2-4-6-22)27-10-8-26(9-11-27)39-32-36-18-24(15-34)31(41-32)40-28-13-14-46-21-29(28)44/h2-7,12,17-20,26-29,44H,8-11,13-14,16,21H2,1H3,(H,37,45)(H2,36,39,40,41). The van der Waals surface area contributed by atoms with E-state index in [1.165, 1.54) is 6.20 Å². The number of benzene rings is 1. The zero-order chi connectivity index (χ0) is 31.9. The Balaban J connectivity index is 1.13. The monoisotopic (exact) mass is 622 g/mol. The Kier molecular flexibility index (Phi) is 9.66. The van der Waals surface area contributed by atoms with E-state index in [1.807, 2.05) is 55.7 Å². The number of rotatable bonds is 9. The highest BCUT2D eigenvalue weighted by Gasteiger charge is 2.31. The van der Waals surface area contributed by atoms with Gasteiger partial charge in [-0.15, -0.1) is 0 Å². The molecule has 2 atom stereocenters. The summed E-state index contributed by atoms with van der Waals surface area (Å²) in [6.45, 7) is 1.18. The van der Waals surface area contributed by atoms with Crippen LogP contribution in [0.2, 0.25) is 0 Å². The fraction of sp³-hybridized carbons (Fsp3) is 0.394. The van der Waals surface area contributed by atoms with Crippen molar-refractivity contribution in [1.82, 2.24) is 30.0 Å². The number of carbonyl (C=O) groups is 1. The predicted octanol–water partition coefficient (Wildman–Crippen LogP) is 3.84. The van der Waals surface area contributed by atoms with Crippen LogP contribution in [0, 0.1) is 11.3 Å². The van der Waals surface area contributed by atoms with Crippen LogP contribution in [0.4, 0.5) is 22.4 Å². The molecular formula is C33H38N10O3. The summed E-state index contributed by atoms with van der Waals surface area (Å²) in [4.78, 5) is 29.2. The SMILES string of the molecule is Cn1cc(-c2ccc(N(C(=O)NCc3ccccc3)C3CCC(Nc4ncc(C#N)c(NC5CCOCC5O)n4)CC3)nc2)cn1. The van der Waals surface area contributed by atoms with Gasteiger partial charge in [0.15, 0.2) is 0 Å². The topological polar surface area (TPSA) is 166 Å². The largest absolute Gasteiger partial charge is 0.389 e. The van der Waals surface area contributed by atoms with E-state index in [1.54, 1.807) is 22.0 Å². The number of urea groups is 1. The minimum atomic E-state index is -0.684. The Labute approximate surface area is 267 Å². The molecule has 4 heterocycles. The lowest BCUT2D eigenvalue weighted by atomic mass is 9.90. The third kappa shape index (κ3) is 7.42. The lowest BCUT2D eigenvalue weighted by Gasteiger charge is -2.36. The molecule has 1 aliphatic heterocycles. The number of nitrogens with zero attached hydrogens (tertiary/aromatic N) is 7. The van der Waals surface area contributed by atoms with Crippen molar-refractivity contribution in [1.29, 1.82) is 5.26 Å². The van der Waals surface area contributed by atoms with Gasteiger partial charge in [0.2, 0.25) is 5.95 Å². The molecule has 2 unspecified atom stereocenters. The van der Waals surface area contributed by atoms with E-state index in [2.05, 4.69) is 37.1 Å². The highest BCUT2D eigenvalue weighted by Crippen LogP contribution is 2.30. The number of pyridine rings is 1.